The van der Waals surface area contributed by atoms with Crippen molar-refractivity contribution in [3.63, 3.8) is 0 Å². The van der Waals surface area contributed by atoms with E-state index in [9.17, 15) is 4.39 Å². The van der Waals surface area contributed by atoms with Gasteiger partial charge in [0.2, 0.25) is 0 Å². The summed E-state index contributed by atoms with van der Waals surface area (Å²) < 4.78 is 13.0. The predicted molar refractivity (Wildman–Crippen MR) is 75.4 cm³/mol. The highest BCUT2D eigenvalue weighted by Gasteiger charge is 2.13. The zero-order valence-electron chi connectivity index (χ0n) is 11.5. The maximum Gasteiger partial charge on any atom is 0.141 e. The molecule has 0 saturated heterocycles. The molecule has 1 N–H and O–H groups in total. The fourth-order valence-corrected chi connectivity index (χ4v) is 2.01. The molecule has 0 radical (unpaired) electrons. The molecular formula is C14H22ClFN2. The molecule has 1 atom stereocenters. The Hall–Kier alpha value is -0.640. The van der Waals surface area contributed by atoms with Crippen LogP contribution in [0.3, 0.4) is 0 Å². The van der Waals surface area contributed by atoms with Gasteiger partial charge in [-0.3, -0.25) is 0 Å². The SMILES string of the molecule is CC(C)C(CN(C)C)NCc1ccc(F)c(Cl)c1. The van der Waals surface area contributed by atoms with Gasteiger partial charge < -0.3 is 10.2 Å². The zero-order chi connectivity index (χ0) is 13.7. The first kappa shape index (κ1) is 15.4. The third kappa shape index (κ3) is 4.92. The molecule has 0 aliphatic rings. The maximum absolute atomic E-state index is 13.0. The number of hydrogen-bond donors (Lipinski definition) is 1. The standard InChI is InChI=1S/C14H22ClFN2/c1-10(2)14(9-18(3)4)17-8-11-5-6-13(16)12(15)7-11/h5-7,10,14,17H,8-9H2,1-4H3. The monoisotopic (exact) mass is 272 g/mol. The summed E-state index contributed by atoms with van der Waals surface area (Å²) >= 11 is 5.77. The molecule has 0 aliphatic carbocycles. The van der Waals surface area contributed by atoms with Crippen LogP contribution in [-0.2, 0) is 6.54 Å². The molecule has 2 nitrogen and oxygen atoms in total. The summed E-state index contributed by atoms with van der Waals surface area (Å²) in [6.45, 7) is 6.07. The third-order valence-corrected chi connectivity index (χ3v) is 3.21. The normalized spacial score (nSPS) is 13.3. The summed E-state index contributed by atoms with van der Waals surface area (Å²) in [7, 11) is 4.12. The quantitative estimate of drug-likeness (QED) is 0.856. The Bertz CT molecular complexity index is 380. The first-order valence-corrected chi connectivity index (χ1v) is 6.60. The van der Waals surface area contributed by atoms with Crippen LogP contribution in [0.15, 0.2) is 18.2 Å². The summed E-state index contributed by atoms with van der Waals surface area (Å²) in [4.78, 5) is 2.16. The Morgan fingerprint density at radius 2 is 2.00 bits per heavy atom. The van der Waals surface area contributed by atoms with Crippen LogP contribution in [0.25, 0.3) is 0 Å². The molecule has 0 spiro atoms. The van der Waals surface area contributed by atoms with E-state index in [0.29, 0.717) is 18.5 Å². The smallest absolute Gasteiger partial charge is 0.141 e. The van der Waals surface area contributed by atoms with Gasteiger partial charge in [0.05, 0.1) is 5.02 Å². The predicted octanol–water partition coefficient (Wildman–Crippen LogP) is 3.15. The molecule has 4 heteroatoms. The number of nitrogens with one attached hydrogen (secondary N) is 1. The lowest BCUT2D eigenvalue weighted by atomic mass is 10.0. The lowest BCUT2D eigenvalue weighted by molar-refractivity contribution is 0.288. The van der Waals surface area contributed by atoms with Crippen molar-refractivity contribution in [2.24, 2.45) is 5.92 Å². The van der Waals surface area contributed by atoms with Crippen molar-refractivity contribution in [2.45, 2.75) is 26.4 Å². The van der Waals surface area contributed by atoms with Crippen molar-refractivity contribution < 1.29 is 4.39 Å². The maximum atomic E-state index is 13.0. The van der Waals surface area contributed by atoms with E-state index in [1.165, 1.54) is 6.07 Å². The minimum absolute atomic E-state index is 0.183. The van der Waals surface area contributed by atoms with Gasteiger partial charge in [0.1, 0.15) is 5.82 Å². The van der Waals surface area contributed by atoms with Gasteiger partial charge in [0, 0.05) is 19.1 Å². The number of benzene rings is 1. The molecule has 0 amide bonds. The minimum Gasteiger partial charge on any atom is -0.308 e. The summed E-state index contributed by atoms with van der Waals surface area (Å²) in [6, 6.07) is 5.26. The molecule has 0 saturated carbocycles. The Balaban J connectivity index is 2.58. The van der Waals surface area contributed by atoms with Gasteiger partial charge in [-0.25, -0.2) is 4.39 Å². The molecule has 102 valence electrons. The largest absolute Gasteiger partial charge is 0.308 e. The third-order valence-electron chi connectivity index (χ3n) is 2.92. The first-order valence-electron chi connectivity index (χ1n) is 6.22. The van der Waals surface area contributed by atoms with E-state index < -0.39 is 0 Å². The van der Waals surface area contributed by atoms with Crippen molar-refractivity contribution in [2.75, 3.05) is 20.6 Å². The molecule has 1 aromatic rings. The number of nitrogens with zero attached hydrogens (tertiary/aromatic N) is 1. The summed E-state index contributed by atoms with van der Waals surface area (Å²) in [6.07, 6.45) is 0. The topological polar surface area (TPSA) is 15.3 Å². The second-order valence-corrected chi connectivity index (χ2v) is 5.65. The minimum atomic E-state index is -0.367. The van der Waals surface area contributed by atoms with Crippen LogP contribution >= 0.6 is 11.6 Å². The highest BCUT2D eigenvalue weighted by molar-refractivity contribution is 6.30. The molecule has 0 bridgehead atoms. The Morgan fingerprint density at radius 1 is 1.33 bits per heavy atom. The zero-order valence-corrected chi connectivity index (χ0v) is 12.3. The van der Waals surface area contributed by atoms with E-state index in [4.69, 9.17) is 11.6 Å². The van der Waals surface area contributed by atoms with Crippen LogP contribution in [0.5, 0.6) is 0 Å². The van der Waals surface area contributed by atoms with E-state index >= 15 is 0 Å². The summed E-state index contributed by atoms with van der Waals surface area (Å²) in [5.74, 6) is 0.178. The first-order chi connectivity index (χ1) is 8.40. The fourth-order valence-electron chi connectivity index (χ4n) is 1.80. The van der Waals surface area contributed by atoms with E-state index in [1.807, 2.05) is 0 Å². The molecule has 0 aliphatic heterocycles. The number of likely N-dealkylation sites (N-methyl/N-ethyl adjacent to an activating group) is 1. The van der Waals surface area contributed by atoms with Crippen LogP contribution in [-0.4, -0.2) is 31.6 Å². The van der Waals surface area contributed by atoms with E-state index in [0.717, 1.165) is 12.1 Å². The van der Waals surface area contributed by atoms with Crippen LogP contribution < -0.4 is 5.32 Å². The Kier molecular flexibility index (Phi) is 6.06. The van der Waals surface area contributed by atoms with Gasteiger partial charge in [-0.1, -0.05) is 31.5 Å². The highest BCUT2D eigenvalue weighted by Crippen LogP contribution is 2.16. The van der Waals surface area contributed by atoms with E-state index in [2.05, 4.69) is 38.2 Å². The molecular weight excluding hydrogens is 251 g/mol. The van der Waals surface area contributed by atoms with Gasteiger partial charge in [0.25, 0.3) is 0 Å². The van der Waals surface area contributed by atoms with Crippen molar-refractivity contribution in [3.8, 4) is 0 Å². The van der Waals surface area contributed by atoms with Crippen molar-refractivity contribution >= 4 is 11.6 Å². The Morgan fingerprint density at radius 3 is 2.50 bits per heavy atom. The lowest BCUT2D eigenvalue weighted by Crippen LogP contribution is -2.41. The van der Waals surface area contributed by atoms with Gasteiger partial charge in [-0.15, -0.1) is 0 Å². The summed E-state index contributed by atoms with van der Waals surface area (Å²) in [5, 5.41) is 3.67. The molecule has 18 heavy (non-hydrogen) atoms. The number of halogens is 2. The second-order valence-electron chi connectivity index (χ2n) is 5.24. The number of hydrogen-bond acceptors (Lipinski definition) is 2. The Labute approximate surface area is 114 Å². The van der Waals surface area contributed by atoms with Crippen molar-refractivity contribution in [3.05, 3.63) is 34.6 Å². The molecule has 0 heterocycles. The molecule has 1 unspecified atom stereocenters. The van der Waals surface area contributed by atoms with Gasteiger partial charge in [0.15, 0.2) is 0 Å². The molecule has 0 aromatic heterocycles. The molecule has 0 fully saturated rings. The van der Waals surface area contributed by atoms with Crippen LogP contribution in [0.1, 0.15) is 19.4 Å². The number of rotatable bonds is 6. The van der Waals surface area contributed by atoms with E-state index in [1.54, 1.807) is 12.1 Å². The fraction of sp³-hybridized carbons (Fsp3) is 0.571. The van der Waals surface area contributed by atoms with Crippen molar-refractivity contribution in [1.29, 1.82) is 0 Å². The second kappa shape index (κ2) is 7.07. The van der Waals surface area contributed by atoms with Crippen LogP contribution in [0.2, 0.25) is 5.02 Å². The van der Waals surface area contributed by atoms with Crippen LogP contribution in [0, 0.1) is 11.7 Å². The highest BCUT2D eigenvalue weighted by atomic mass is 35.5. The van der Waals surface area contributed by atoms with Gasteiger partial charge in [-0.2, -0.15) is 0 Å². The van der Waals surface area contributed by atoms with Crippen molar-refractivity contribution in [1.82, 2.24) is 10.2 Å². The molecule has 1 rings (SSSR count). The van der Waals surface area contributed by atoms with Crippen LogP contribution in [0.4, 0.5) is 4.39 Å². The lowest BCUT2D eigenvalue weighted by Gasteiger charge is -2.25. The molecule has 1 aromatic carbocycles. The van der Waals surface area contributed by atoms with Gasteiger partial charge >= 0.3 is 0 Å². The average molecular weight is 273 g/mol. The van der Waals surface area contributed by atoms with E-state index in [-0.39, 0.29) is 10.8 Å². The van der Waals surface area contributed by atoms with Gasteiger partial charge in [-0.05, 0) is 37.7 Å². The summed E-state index contributed by atoms with van der Waals surface area (Å²) in [5.41, 5.74) is 1.01. The average Bonchev–Trinajstić information content (AvgIpc) is 2.28.